The van der Waals surface area contributed by atoms with Crippen LogP contribution in [0.2, 0.25) is 0 Å². The highest BCUT2D eigenvalue weighted by Crippen LogP contribution is 2.38. The van der Waals surface area contributed by atoms with Crippen molar-refractivity contribution < 1.29 is 19.1 Å². The smallest absolute Gasteiger partial charge is 0.163 e. The molecule has 34 heavy (non-hydrogen) atoms. The highest BCUT2D eigenvalue weighted by Gasteiger charge is 2.33. The van der Waals surface area contributed by atoms with Gasteiger partial charge in [-0.15, -0.1) is 0 Å². The number of Topliss-reactive ketones (excluding diaryl/α,β-unsaturated/α-hetero) is 3. The van der Waals surface area contributed by atoms with Gasteiger partial charge >= 0.3 is 0 Å². The molecule has 2 aromatic rings. The van der Waals surface area contributed by atoms with Gasteiger partial charge in [-0.1, -0.05) is 51.0 Å². The average Bonchev–Trinajstić information content (AvgIpc) is 2.79. The summed E-state index contributed by atoms with van der Waals surface area (Å²) in [7, 11) is 1.65. The molecular weight excluding hydrogens is 424 g/mol. The summed E-state index contributed by atoms with van der Waals surface area (Å²) in [6.07, 6.45) is 4.97. The monoisotopic (exact) mass is 462 g/mol. The molecule has 0 saturated heterocycles. The maximum Gasteiger partial charge on any atom is 0.163 e. The molecule has 0 amide bonds. The van der Waals surface area contributed by atoms with Gasteiger partial charge in [-0.2, -0.15) is 0 Å². The third-order valence-electron chi connectivity index (χ3n) is 7.35. The van der Waals surface area contributed by atoms with Crippen molar-refractivity contribution >= 4 is 17.3 Å². The van der Waals surface area contributed by atoms with Gasteiger partial charge in [-0.05, 0) is 79.3 Å². The molecule has 0 bridgehead atoms. The lowest BCUT2D eigenvalue weighted by molar-refractivity contribution is -0.129. The van der Waals surface area contributed by atoms with Crippen LogP contribution >= 0.6 is 0 Å². The zero-order valence-corrected chi connectivity index (χ0v) is 21.3. The first-order valence-electron chi connectivity index (χ1n) is 12.6. The van der Waals surface area contributed by atoms with Crippen molar-refractivity contribution in [3.05, 3.63) is 53.1 Å². The molecule has 0 heterocycles. The Morgan fingerprint density at radius 1 is 1.06 bits per heavy atom. The van der Waals surface area contributed by atoms with E-state index in [4.69, 9.17) is 4.74 Å². The van der Waals surface area contributed by atoms with Crippen LogP contribution in [-0.2, 0) is 16.0 Å². The van der Waals surface area contributed by atoms with E-state index in [1.165, 1.54) is 6.92 Å². The van der Waals surface area contributed by atoms with E-state index in [1.54, 1.807) is 7.11 Å². The van der Waals surface area contributed by atoms with Gasteiger partial charge in [0.2, 0.25) is 0 Å². The molecule has 0 saturated carbocycles. The van der Waals surface area contributed by atoms with Crippen LogP contribution in [0.25, 0.3) is 11.1 Å². The number of rotatable bonds is 11. The summed E-state index contributed by atoms with van der Waals surface area (Å²) in [5, 5.41) is 0. The van der Waals surface area contributed by atoms with Gasteiger partial charge in [0.15, 0.2) is 5.78 Å². The van der Waals surface area contributed by atoms with E-state index in [2.05, 4.69) is 19.1 Å². The number of ether oxygens (including phenoxy) is 1. The summed E-state index contributed by atoms with van der Waals surface area (Å²) >= 11 is 0. The molecule has 2 aromatic carbocycles. The van der Waals surface area contributed by atoms with Gasteiger partial charge in [0.1, 0.15) is 17.3 Å². The fourth-order valence-corrected chi connectivity index (χ4v) is 5.81. The minimum absolute atomic E-state index is 0.0263. The minimum Gasteiger partial charge on any atom is -0.497 e. The average molecular weight is 463 g/mol. The molecule has 3 atom stereocenters. The lowest BCUT2D eigenvalue weighted by Gasteiger charge is -2.32. The molecule has 4 nitrogen and oxygen atoms in total. The number of hydrogen-bond donors (Lipinski definition) is 0. The van der Waals surface area contributed by atoms with E-state index < -0.39 is 0 Å². The number of hydrogen-bond acceptors (Lipinski definition) is 4. The van der Waals surface area contributed by atoms with Crippen LogP contribution < -0.4 is 4.74 Å². The van der Waals surface area contributed by atoms with E-state index in [9.17, 15) is 14.4 Å². The van der Waals surface area contributed by atoms with Gasteiger partial charge in [-0.25, -0.2) is 0 Å². The summed E-state index contributed by atoms with van der Waals surface area (Å²) < 4.78 is 5.27. The Labute approximate surface area is 204 Å². The molecule has 1 aliphatic carbocycles. The third kappa shape index (κ3) is 5.84. The summed E-state index contributed by atoms with van der Waals surface area (Å²) in [6.45, 7) is 7.71. The van der Waals surface area contributed by atoms with E-state index in [-0.39, 0.29) is 41.5 Å². The van der Waals surface area contributed by atoms with Gasteiger partial charge < -0.3 is 4.74 Å². The Morgan fingerprint density at radius 2 is 1.76 bits per heavy atom. The molecular formula is C30H38O4. The Balaban J connectivity index is 1.82. The Bertz CT molecular complexity index is 1030. The summed E-state index contributed by atoms with van der Waals surface area (Å²) in [4.78, 5) is 37.6. The van der Waals surface area contributed by atoms with Crippen molar-refractivity contribution in [2.45, 2.75) is 72.6 Å². The first kappa shape index (κ1) is 25.9. The van der Waals surface area contributed by atoms with Crippen molar-refractivity contribution in [3.63, 3.8) is 0 Å². The highest BCUT2D eigenvalue weighted by molar-refractivity contribution is 6.02. The van der Waals surface area contributed by atoms with E-state index in [1.807, 2.05) is 38.1 Å². The largest absolute Gasteiger partial charge is 0.497 e. The Hall–Kier alpha value is -2.75. The lowest BCUT2D eigenvalue weighted by Crippen LogP contribution is -2.29. The number of ketones is 3. The normalized spacial score (nSPS) is 17.1. The molecule has 0 fully saturated rings. The molecule has 3 unspecified atom stereocenters. The summed E-state index contributed by atoms with van der Waals surface area (Å²) in [6, 6.07) is 12.2. The zero-order valence-electron chi connectivity index (χ0n) is 21.3. The van der Waals surface area contributed by atoms with Crippen LogP contribution in [-0.4, -0.2) is 24.5 Å². The van der Waals surface area contributed by atoms with Gasteiger partial charge in [0, 0.05) is 17.9 Å². The fourth-order valence-electron chi connectivity index (χ4n) is 5.81. The molecule has 1 aliphatic rings. The maximum atomic E-state index is 13.3. The van der Waals surface area contributed by atoms with E-state index in [0.29, 0.717) is 6.42 Å². The summed E-state index contributed by atoms with van der Waals surface area (Å²) in [5.41, 5.74) is 5.19. The van der Waals surface area contributed by atoms with Crippen LogP contribution in [0.1, 0.15) is 80.8 Å². The quantitative estimate of drug-likeness (QED) is 0.345. The second kappa shape index (κ2) is 11.6. The third-order valence-corrected chi connectivity index (χ3v) is 7.35. The maximum absolute atomic E-state index is 13.3. The van der Waals surface area contributed by atoms with Crippen LogP contribution in [0.4, 0.5) is 0 Å². The topological polar surface area (TPSA) is 60.4 Å². The number of fused-ring (bicyclic) bond motifs is 1. The lowest BCUT2D eigenvalue weighted by atomic mass is 9.71. The minimum atomic E-state index is -0.0977. The van der Waals surface area contributed by atoms with Crippen molar-refractivity contribution in [2.24, 2.45) is 17.8 Å². The molecule has 0 aliphatic heterocycles. The first-order valence-corrected chi connectivity index (χ1v) is 12.6. The van der Waals surface area contributed by atoms with Crippen LogP contribution in [0.5, 0.6) is 5.75 Å². The SMILES string of the molecule is CCCC(CC1CC(=O)c2c(ccc(-c3ccc(OC)cc3)c2C)C1)C(CC)C(=O)CC(C)=O. The second-order valence-electron chi connectivity index (χ2n) is 9.84. The molecule has 4 heteroatoms. The molecule has 0 aromatic heterocycles. The molecule has 0 N–H and O–H groups in total. The van der Waals surface area contributed by atoms with E-state index in [0.717, 1.165) is 65.7 Å². The standard InChI is InChI=1S/C30H38O4/c1-6-8-23(26(7-2)28(32)15-19(3)31)16-21-17-24-11-14-27(20(4)30(24)29(33)18-21)22-9-12-25(34-5)13-10-22/h9-14,21,23,26H,6-8,15-18H2,1-5H3. The number of methoxy groups -OCH3 is 1. The molecule has 182 valence electrons. The van der Waals surface area contributed by atoms with Crippen molar-refractivity contribution in [2.75, 3.05) is 7.11 Å². The summed E-state index contributed by atoms with van der Waals surface area (Å²) in [5.74, 6) is 1.38. The Kier molecular flexibility index (Phi) is 8.82. The first-order chi connectivity index (χ1) is 16.3. The Morgan fingerprint density at radius 3 is 2.35 bits per heavy atom. The van der Waals surface area contributed by atoms with Crippen molar-refractivity contribution in [3.8, 4) is 16.9 Å². The molecule has 0 radical (unpaired) electrons. The highest BCUT2D eigenvalue weighted by atomic mass is 16.5. The zero-order chi connectivity index (χ0) is 24.8. The number of carbonyl (C=O) groups excluding carboxylic acids is 3. The fraction of sp³-hybridized carbons (Fsp3) is 0.500. The molecule has 3 rings (SSSR count). The molecule has 0 spiro atoms. The number of carbonyl (C=O) groups is 3. The van der Waals surface area contributed by atoms with Gasteiger partial charge in [-0.3, -0.25) is 14.4 Å². The van der Waals surface area contributed by atoms with Gasteiger partial charge in [0.25, 0.3) is 0 Å². The van der Waals surface area contributed by atoms with Crippen LogP contribution in [0.3, 0.4) is 0 Å². The van der Waals surface area contributed by atoms with E-state index >= 15 is 0 Å². The van der Waals surface area contributed by atoms with Crippen LogP contribution in [0, 0.1) is 24.7 Å². The second-order valence-corrected chi connectivity index (χ2v) is 9.84. The number of benzene rings is 2. The van der Waals surface area contributed by atoms with Crippen molar-refractivity contribution in [1.82, 2.24) is 0 Å². The van der Waals surface area contributed by atoms with Crippen molar-refractivity contribution in [1.29, 1.82) is 0 Å². The predicted molar refractivity (Wildman–Crippen MR) is 136 cm³/mol. The van der Waals surface area contributed by atoms with Gasteiger partial charge in [0.05, 0.1) is 13.5 Å². The predicted octanol–water partition coefficient (Wildman–Crippen LogP) is 6.80. The van der Waals surface area contributed by atoms with Crippen LogP contribution in [0.15, 0.2) is 36.4 Å².